The Hall–Kier alpha value is -6.56. The van der Waals surface area contributed by atoms with Crippen LogP contribution in [-0.4, -0.2) is 6.71 Å². The number of hydrogen-bond donors (Lipinski definition) is 0. The Morgan fingerprint density at radius 2 is 0.920 bits per heavy atom. The van der Waals surface area contributed by atoms with Gasteiger partial charge in [0.25, 0.3) is 6.71 Å². The van der Waals surface area contributed by atoms with Gasteiger partial charge in [-0.2, -0.15) is 0 Å². The Morgan fingerprint density at radius 1 is 0.414 bits per heavy atom. The summed E-state index contributed by atoms with van der Waals surface area (Å²) in [5.74, 6) is 0. The largest absolute Gasteiger partial charge is 0.311 e. The van der Waals surface area contributed by atoms with E-state index in [0.717, 1.165) is 24.9 Å². The molecule has 8 aromatic carbocycles. The minimum Gasteiger partial charge on any atom is -0.311 e. The number of benzene rings is 8. The maximum atomic E-state index is 2.75. The van der Waals surface area contributed by atoms with Gasteiger partial charge in [-0.25, -0.2) is 0 Å². The molecule has 0 spiro atoms. The number of nitrogens with zero attached hydrogens (tertiary/aromatic N) is 3. The van der Waals surface area contributed by atoms with E-state index in [9.17, 15) is 0 Å². The lowest BCUT2D eigenvalue weighted by Crippen LogP contribution is -2.62. The second kappa shape index (κ2) is 19.5. The quantitative estimate of drug-likeness (QED) is 0.159. The molecule has 3 heterocycles. The Bertz CT molecular complexity index is 4260. The van der Waals surface area contributed by atoms with Crippen molar-refractivity contribution in [1.29, 1.82) is 0 Å². The summed E-state index contributed by atoms with van der Waals surface area (Å²) < 4.78 is 2.71. The van der Waals surface area contributed by atoms with Crippen LogP contribution >= 0.6 is 11.3 Å². The molecule has 0 radical (unpaired) electrons. The van der Waals surface area contributed by atoms with Crippen LogP contribution in [-0.2, 0) is 43.3 Å². The zero-order valence-corrected chi connectivity index (χ0v) is 57.7. The van der Waals surface area contributed by atoms with Crippen LogP contribution in [0.4, 0.5) is 51.2 Å². The van der Waals surface area contributed by atoms with Gasteiger partial charge in [-0.05, 0) is 228 Å². The van der Waals surface area contributed by atoms with E-state index in [0.29, 0.717) is 0 Å². The Labute approximate surface area is 527 Å². The van der Waals surface area contributed by atoms with Crippen molar-refractivity contribution < 1.29 is 0 Å². The zero-order valence-electron chi connectivity index (χ0n) is 56.9. The van der Waals surface area contributed by atoms with Crippen LogP contribution in [0.1, 0.15) is 220 Å². The minimum atomic E-state index is -0.182. The number of rotatable bonds is 5. The first-order chi connectivity index (χ1) is 40.4. The van der Waals surface area contributed by atoms with Gasteiger partial charge < -0.3 is 14.7 Å². The molecule has 2 aliphatic heterocycles. The van der Waals surface area contributed by atoms with Crippen LogP contribution in [0.15, 0.2) is 133 Å². The second-order valence-electron chi connectivity index (χ2n) is 33.8. The molecule has 87 heavy (non-hydrogen) atoms. The van der Waals surface area contributed by atoms with Gasteiger partial charge in [0, 0.05) is 71.4 Å². The van der Waals surface area contributed by atoms with E-state index in [2.05, 4.69) is 300 Å². The molecule has 0 N–H and O–H groups in total. The minimum absolute atomic E-state index is 0.00209. The Morgan fingerprint density at radius 3 is 1.46 bits per heavy atom. The van der Waals surface area contributed by atoms with Gasteiger partial charge in [0.15, 0.2) is 0 Å². The molecular formula is C82H96BN3S. The highest BCUT2D eigenvalue weighted by molar-refractivity contribution is 7.26. The number of fused-ring (bicyclic) bond motifs is 9. The van der Waals surface area contributed by atoms with E-state index in [1.807, 2.05) is 11.3 Å². The summed E-state index contributed by atoms with van der Waals surface area (Å²) in [6.45, 7) is 53.0. The molecule has 9 aromatic rings. The summed E-state index contributed by atoms with van der Waals surface area (Å²) in [4.78, 5) is 8.07. The number of anilines is 9. The van der Waals surface area contributed by atoms with Gasteiger partial charge in [0.1, 0.15) is 0 Å². The van der Waals surface area contributed by atoms with E-state index in [-0.39, 0.29) is 50.0 Å². The molecule has 0 atom stereocenters. The van der Waals surface area contributed by atoms with Crippen molar-refractivity contribution in [2.45, 2.75) is 221 Å². The third kappa shape index (κ3) is 9.63. The van der Waals surface area contributed by atoms with Crippen LogP contribution in [0.2, 0.25) is 0 Å². The fourth-order valence-corrected chi connectivity index (χ4v) is 16.9. The smallest absolute Gasteiger partial charge is 0.252 e. The van der Waals surface area contributed by atoms with Crippen LogP contribution in [0.5, 0.6) is 0 Å². The van der Waals surface area contributed by atoms with E-state index in [1.165, 1.54) is 144 Å². The molecule has 4 aliphatic rings. The van der Waals surface area contributed by atoms with Crippen molar-refractivity contribution in [1.82, 2.24) is 0 Å². The standard InChI is InChI=1S/C82H96BN3S/c1-49-39-51(75(3,4)5)27-33-66(49)84(67-34-28-52(40-50(67)2)76(6,7)8)55-30-32-64-68(46-55)86(56-43-58-57-25-23-24-26-72(57)87-74(58)63(45-56)78(12,13)14)71-42-53(77(9,10)11)41-70-73(71)83(64)65-47-61-62(82(21,22)38-37-81(61,19)20)48-69(65)85(70)54-29-31-59-60(44-54)80(17,18)36-35-79(59,15)16/h23-34,39-48H,35-38H2,1-22H3. The average Bonchev–Trinajstić information content (AvgIpc) is 0.852. The molecule has 0 saturated carbocycles. The highest BCUT2D eigenvalue weighted by atomic mass is 32.1. The summed E-state index contributed by atoms with van der Waals surface area (Å²) in [6, 6.07) is 54.5. The zero-order chi connectivity index (χ0) is 62.4. The summed E-state index contributed by atoms with van der Waals surface area (Å²) in [5.41, 5.74) is 28.9. The van der Waals surface area contributed by atoms with Crippen molar-refractivity contribution in [3.8, 4) is 0 Å². The highest BCUT2D eigenvalue weighted by Gasteiger charge is 2.48. The summed E-state index contributed by atoms with van der Waals surface area (Å²) in [7, 11) is 0. The normalized spacial score (nSPS) is 17.4. The van der Waals surface area contributed by atoms with Crippen molar-refractivity contribution >= 4 is 106 Å². The topological polar surface area (TPSA) is 9.72 Å². The molecule has 0 fully saturated rings. The second-order valence-corrected chi connectivity index (χ2v) is 34.9. The lowest BCUT2D eigenvalue weighted by molar-refractivity contribution is 0.332. The number of aryl methyl sites for hydroxylation is 2. The van der Waals surface area contributed by atoms with E-state index < -0.39 is 0 Å². The highest BCUT2D eigenvalue weighted by Crippen LogP contribution is 2.55. The molecular weight excluding hydrogens is 1070 g/mol. The molecule has 13 rings (SSSR count). The molecule has 448 valence electrons. The van der Waals surface area contributed by atoms with Crippen molar-refractivity contribution in [3.05, 3.63) is 189 Å². The molecule has 0 unspecified atom stereocenters. The first-order valence-corrected chi connectivity index (χ1v) is 33.5. The molecule has 2 aliphatic carbocycles. The summed E-state index contributed by atoms with van der Waals surface area (Å²) in [6.07, 6.45) is 4.65. The van der Waals surface area contributed by atoms with Crippen molar-refractivity contribution in [2.24, 2.45) is 0 Å². The molecule has 3 nitrogen and oxygen atoms in total. The van der Waals surface area contributed by atoms with E-state index in [4.69, 9.17) is 0 Å². The molecule has 0 saturated heterocycles. The number of thiophene rings is 1. The first-order valence-electron chi connectivity index (χ1n) is 32.7. The monoisotopic (exact) mass is 1170 g/mol. The predicted octanol–water partition coefficient (Wildman–Crippen LogP) is 22.1. The summed E-state index contributed by atoms with van der Waals surface area (Å²) in [5, 5.41) is 2.65. The van der Waals surface area contributed by atoms with Gasteiger partial charge in [-0.1, -0.05) is 199 Å². The maximum absolute atomic E-state index is 2.75. The third-order valence-electron chi connectivity index (χ3n) is 21.4. The fraction of sp³-hybridized carbons (Fsp3) is 0.415. The van der Waals surface area contributed by atoms with Gasteiger partial charge in [-0.15, -0.1) is 11.3 Å². The van der Waals surface area contributed by atoms with Gasteiger partial charge >= 0.3 is 0 Å². The maximum Gasteiger partial charge on any atom is 0.252 e. The van der Waals surface area contributed by atoms with Crippen LogP contribution < -0.4 is 31.1 Å². The lowest BCUT2D eigenvalue weighted by Gasteiger charge is -2.48. The van der Waals surface area contributed by atoms with Crippen LogP contribution in [0.3, 0.4) is 0 Å². The fourth-order valence-electron chi connectivity index (χ4n) is 15.5. The van der Waals surface area contributed by atoms with Crippen molar-refractivity contribution in [2.75, 3.05) is 14.7 Å². The molecule has 0 bridgehead atoms. The van der Waals surface area contributed by atoms with Gasteiger partial charge in [-0.3, -0.25) is 0 Å². The molecule has 1 aromatic heterocycles. The first kappa shape index (κ1) is 59.4. The van der Waals surface area contributed by atoms with E-state index in [1.54, 1.807) is 0 Å². The van der Waals surface area contributed by atoms with Crippen LogP contribution in [0.25, 0.3) is 20.2 Å². The predicted molar refractivity (Wildman–Crippen MR) is 383 cm³/mol. The average molecular weight is 1170 g/mol. The molecule has 0 amide bonds. The van der Waals surface area contributed by atoms with Gasteiger partial charge in [0.2, 0.25) is 0 Å². The number of hydrogen-bond acceptors (Lipinski definition) is 4. The van der Waals surface area contributed by atoms with E-state index >= 15 is 0 Å². The van der Waals surface area contributed by atoms with Crippen LogP contribution in [0, 0.1) is 13.8 Å². The third-order valence-corrected chi connectivity index (χ3v) is 22.6. The summed E-state index contributed by atoms with van der Waals surface area (Å²) >= 11 is 1.95. The Kier molecular flexibility index (Phi) is 13.3. The molecule has 5 heteroatoms. The lowest BCUT2D eigenvalue weighted by atomic mass is 9.33. The van der Waals surface area contributed by atoms with Gasteiger partial charge in [0.05, 0.1) is 0 Å². The van der Waals surface area contributed by atoms with Crippen molar-refractivity contribution in [3.63, 3.8) is 0 Å². The SMILES string of the molecule is Cc1cc(C(C)(C)C)ccc1N(c1ccc2c(c1)N(c1cc(C(C)(C)C)c3sc4ccccc4c3c1)c1cc(C(C)(C)C)cc3c1B2c1cc2c(cc1N3c1ccc3c(c1)C(C)(C)CCC3(C)C)C(C)(C)CCC2(C)C)c1ccc(C(C)(C)C)cc1C. The Balaban J connectivity index is 1.18.